The van der Waals surface area contributed by atoms with Crippen LogP contribution in [0.15, 0.2) is 24.3 Å². The first-order chi connectivity index (χ1) is 7.15. The van der Waals surface area contributed by atoms with Gasteiger partial charge < -0.3 is 5.11 Å². The topological polar surface area (TPSA) is 61.1 Å². The van der Waals surface area contributed by atoms with E-state index in [-0.39, 0.29) is 18.4 Å². The zero-order chi connectivity index (χ0) is 11.3. The molecule has 0 aliphatic heterocycles. The van der Waals surface area contributed by atoms with Crippen LogP contribution in [-0.2, 0) is 4.79 Å². The molecule has 0 heterocycles. The van der Waals surface area contributed by atoms with Gasteiger partial charge in [0.1, 0.15) is 5.82 Å². The lowest BCUT2D eigenvalue weighted by Gasteiger charge is -2.08. The minimum absolute atomic E-state index is 0.132. The van der Waals surface area contributed by atoms with E-state index < -0.39 is 17.7 Å². The van der Waals surface area contributed by atoms with Gasteiger partial charge in [-0.1, -0.05) is 18.2 Å². The number of carbonyl (C=O) groups is 1. The first-order valence-corrected chi connectivity index (χ1v) is 4.51. The second-order valence-corrected chi connectivity index (χ2v) is 3.14. The van der Waals surface area contributed by atoms with Gasteiger partial charge in [-0.25, -0.2) is 4.39 Å². The molecule has 1 unspecified atom stereocenters. The van der Waals surface area contributed by atoms with Crippen molar-refractivity contribution in [3.8, 4) is 6.07 Å². The molecule has 1 aromatic carbocycles. The van der Waals surface area contributed by atoms with E-state index in [4.69, 9.17) is 10.4 Å². The van der Waals surface area contributed by atoms with E-state index in [9.17, 15) is 9.18 Å². The summed E-state index contributed by atoms with van der Waals surface area (Å²) in [5, 5.41) is 17.3. The van der Waals surface area contributed by atoms with Crippen molar-refractivity contribution in [2.24, 2.45) is 0 Å². The minimum Gasteiger partial charge on any atom is -0.481 e. The number of carboxylic acids is 1. The van der Waals surface area contributed by atoms with Gasteiger partial charge in [-0.3, -0.25) is 4.79 Å². The molecule has 1 aromatic rings. The zero-order valence-corrected chi connectivity index (χ0v) is 7.98. The maximum absolute atomic E-state index is 13.3. The number of aliphatic carboxylic acids is 1. The van der Waals surface area contributed by atoms with Gasteiger partial charge in [-0.05, 0) is 12.5 Å². The van der Waals surface area contributed by atoms with Crippen LogP contribution in [0.3, 0.4) is 0 Å². The van der Waals surface area contributed by atoms with Gasteiger partial charge >= 0.3 is 5.97 Å². The normalized spacial score (nSPS) is 11.7. The van der Waals surface area contributed by atoms with Gasteiger partial charge in [0.25, 0.3) is 0 Å². The number of rotatable bonds is 4. The Kier molecular flexibility index (Phi) is 3.81. The summed E-state index contributed by atoms with van der Waals surface area (Å²) in [6, 6.07) is 7.84. The summed E-state index contributed by atoms with van der Waals surface area (Å²) in [6.07, 6.45) is -0.000667. The Bertz CT molecular complexity index is 398. The fourth-order valence-corrected chi connectivity index (χ4v) is 1.32. The van der Waals surface area contributed by atoms with Crippen LogP contribution in [0.25, 0.3) is 0 Å². The molecule has 0 radical (unpaired) electrons. The van der Waals surface area contributed by atoms with Crippen LogP contribution < -0.4 is 0 Å². The summed E-state index contributed by atoms with van der Waals surface area (Å²) in [6.45, 7) is 0. The van der Waals surface area contributed by atoms with Crippen molar-refractivity contribution in [3.05, 3.63) is 35.6 Å². The van der Waals surface area contributed by atoms with E-state index >= 15 is 0 Å². The van der Waals surface area contributed by atoms with Crippen molar-refractivity contribution in [3.63, 3.8) is 0 Å². The van der Waals surface area contributed by atoms with Gasteiger partial charge in [-0.2, -0.15) is 5.26 Å². The summed E-state index contributed by atoms with van der Waals surface area (Å²) in [7, 11) is 0. The molecular weight excluding hydrogens is 197 g/mol. The van der Waals surface area contributed by atoms with Crippen LogP contribution in [0.2, 0.25) is 0 Å². The highest BCUT2D eigenvalue weighted by Crippen LogP contribution is 2.22. The minimum atomic E-state index is -0.980. The van der Waals surface area contributed by atoms with E-state index in [1.54, 1.807) is 6.07 Å². The molecular formula is C11H10FNO2. The molecule has 0 amide bonds. The lowest BCUT2D eigenvalue weighted by atomic mass is 9.95. The second kappa shape index (κ2) is 5.11. The number of nitrogens with zero attached hydrogens (tertiary/aromatic N) is 1. The van der Waals surface area contributed by atoms with Gasteiger partial charge in [0.05, 0.1) is 12.0 Å². The van der Waals surface area contributed by atoms with Crippen LogP contribution in [0, 0.1) is 17.1 Å². The van der Waals surface area contributed by atoms with Gasteiger partial charge in [0, 0.05) is 12.0 Å². The Morgan fingerprint density at radius 1 is 1.53 bits per heavy atom. The van der Waals surface area contributed by atoms with Crippen LogP contribution in [0.5, 0.6) is 0 Å². The predicted octanol–water partition coefficient (Wildman–Crippen LogP) is 2.30. The predicted molar refractivity (Wildman–Crippen MR) is 51.6 cm³/mol. The molecule has 1 atom stereocenters. The van der Waals surface area contributed by atoms with Crippen LogP contribution in [-0.4, -0.2) is 11.1 Å². The number of carboxylic acid groups (broad SMARTS) is 1. The third-order valence-corrected chi connectivity index (χ3v) is 2.08. The van der Waals surface area contributed by atoms with Crippen molar-refractivity contribution < 1.29 is 14.3 Å². The van der Waals surface area contributed by atoms with E-state index in [1.165, 1.54) is 18.2 Å². The highest BCUT2D eigenvalue weighted by Gasteiger charge is 2.15. The summed E-state index contributed by atoms with van der Waals surface area (Å²) in [4.78, 5) is 10.3. The molecule has 3 nitrogen and oxygen atoms in total. The third kappa shape index (κ3) is 3.06. The van der Waals surface area contributed by atoms with Gasteiger partial charge in [0.15, 0.2) is 0 Å². The highest BCUT2D eigenvalue weighted by atomic mass is 19.1. The van der Waals surface area contributed by atoms with Crippen molar-refractivity contribution in [1.82, 2.24) is 0 Å². The largest absolute Gasteiger partial charge is 0.481 e. The highest BCUT2D eigenvalue weighted by molar-refractivity contribution is 5.66. The zero-order valence-electron chi connectivity index (χ0n) is 7.98. The number of nitriles is 1. The molecule has 0 aliphatic rings. The monoisotopic (exact) mass is 207 g/mol. The average molecular weight is 207 g/mol. The quantitative estimate of drug-likeness (QED) is 0.823. The molecule has 0 aromatic heterocycles. The molecule has 78 valence electrons. The van der Waals surface area contributed by atoms with Crippen LogP contribution >= 0.6 is 0 Å². The number of halogens is 1. The maximum atomic E-state index is 13.3. The first-order valence-electron chi connectivity index (χ1n) is 4.51. The SMILES string of the molecule is N#CC(CCC(=O)O)c1ccccc1F. The molecule has 0 bridgehead atoms. The third-order valence-electron chi connectivity index (χ3n) is 2.08. The van der Waals surface area contributed by atoms with E-state index in [2.05, 4.69) is 0 Å². The molecule has 0 saturated carbocycles. The fraction of sp³-hybridized carbons (Fsp3) is 0.273. The number of hydrogen-bond donors (Lipinski definition) is 1. The number of hydrogen-bond acceptors (Lipinski definition) is 2. The Hall–Kier alpha value is -1.89. The van der Waals surface area contributed by atoms with Crippen molar-refractivity contribution in [2.75, 3.05) is 0 Å². The number of benzene rings is 1. The van der Waals surface area contributed by atoms with Crippen molar-refractivity contribution in [1.29, 1.82) is 5.26 Å². The van der Waals surface area contributed by atoms with Crippen LogP contribution in [0.4, 0.5) is 4.39 Å². The molecule has 0 saturated heterocycles. The van der Waals surface area contributed by atoms with Gasteiger partial charge in [0.2, 0.25) is 0 Å². The first kappa shape index (κ1) is 11.2. The van der Waals surface area contributed by atoms with E-state index in [1.807, 2.05) is 6.07 Å². The summed E-state index contributed by atoms with van der Waals surface area (Å²) in [5.74, 6) is -2.14. The average Bonchev–Trinajstić information content (AvgIpc) is 2.21. The molecule has 0 fully saturated rings. The van der Waals surface area contributed by atoms with Gasteiger partial charge in [-0.15, -0.1) is 0 Å². The summed E-state index contributed by atoms with van der Waals surface area (Å²) >= 11 is 0. The Labute approximate surface area is 86.8 Å². The Morgan fingerprint density at radius 2 is 2.20 bits per heavy atom. The van der Waals surface area contributed by atoms with Crippen molar-refractivity contribution in [2.45, 2.75) is 18.8 Å². The lowest BCUT2D eigenvalue weighted by molar-refractivity contribution is -0.137. The second-order valence-electron chi connectivity index (χ2n) is 3.14. The standard InChI is InChI=1S/C11H10FNO2/c12-10-4-2-1-3-9(10)8(7-13)5-6-11(14)15/h1-4,8H,5-6H2,(H,14,15). The van der Waals surface area contributed by atoms with Crippen molar-refractivity contribution >= 4 is 5.97 Å². The van der Waals surface area contributed by atoms with E-state index in [0.29, 0.717) is 0 Å². The fourth-order valence-electron chi connectivity index (χ4n) is 1.32. The molecule has 15 heavy (non-hydrogen) atoms. The molecule has 4 heteroatoms. The molecule has 0 spiro atoms. The molecule has 0 aliphatic carbocycles. The van der Waals surface area contributed by atoms with Crippen LogP contribution in [0.1, 0.15) is 24.3 Å². The summed E-state index contributed by atoms with van der Waals surface area (Å²) < 4.78 is 13.3. The maximum Gasteiger partial charge on any atom is 0.303 e. The Morgan fingerprint density at radius 3 is 2.73 bits per heavy atom. The smallest absolute Gasteiger partial charge is 0.303 e. The Balaban J connectivity index is 2.80. The molecule has 1 rings (SSSR count). The molecule has 1 N–H and O–H groups in total. The lowest BCUT2D eigenvalue weighted by Crippen LogP contribution is -2.03. The summed E-state index contributed by atoms with van der Waals surface area (Å²) in [5.41, 5.74) is 0.265. The van der Waals surface area contributed by atoms with E-state index in [0.717, 1.165) is 0 Å².